The van der Waals surface area contributed by atoms with Crippen LogP contribution < -0.4 is 9.64 Å². The Morgan fingerprint density at radius 3 is 2.71 bits per heavy atom. The Kier molecular flexibility index (Phi) is 2.72. The zero-order valence-corrected chi connectivity index (χ0v) is 8.79. The van der Waals surface area contributed by atoms with E-state index in [1.807, 2.05) is 0 Å². The molecule has 5 heteroatoms. The summed E-state index contributed by atoms with van der Waals surface area (Å²) in [6.45, 7) is 2.08. The molecule has 2 heterocycles. The van der Waals surface area contributed by atoms with Gasteiger partial charge in [0, 0.05) is 19.2 Å². The summed E-state index contributed by atoms with van der Waals surface area (Å²) in [5.41, 5.74) is 0.949. The van der Waals surface area contributed by atoms with Crippen molar-refractivity contribution in [1.29, 1.82) is 0 Å². The van der Waals surface area contributed by atoms with Crippen molar-refractivity contribution in [3.63, 3.8) is 0 Å². The van der Waals surface area contributed by atoms with E-state index in [-0.39, 0.29) is 0 Å². The Morgan fingerprint density at radius 1 is 1.36 bits per heavy atom. The zero-order valence-electron chi connectivity index (χ0n) is 8.03. The molecule has 0 aliphatic carbocycles. The Labute approximate surface area is 87.8 Å². The van der Waals surface area contributed by atoms with E-state index in [4.69, 9.17) is 16.3 Å². The van der Waals surface area contributed by atoms with E-state index in [0.717, 1.165) is 18.8 Å². The summed E-state index contributed by atoms with van der Waals surface area (Å²) < 4.78 is 5.14. The topological polar surface area (TPSA) is 38.3 Å². The van der Waals surface area contributed by atoms with Crippen LogP contribution >= 0.6 is 11.6 Å². The lowest BCUT2D eigenvalue weighted by molar-refractivity contribution is 0.392. The van der Waals surface area contributed by atoms with Gasteiger partial charge in [-0.3, -0.25) is 0 Å². The van der Waals surface area contributed by atoms with Crippen molar-refractivity contribution in [3.05, 3.63) is 11.2 Å². The molecule has 0 N–H and O–H groups in total. The fourth-order valence-electron chi connectivity index (χ4n) is 1.68. The van der Waals surface area contributed by atoms with Gasteiger partial charge in [-0.1, -0.05) is 11.6 Å². The molecular formula is C9H12ClN3O. The third kappa shape index (κ3) is 1.75. The van der Waals surface area contributed by atoms with Crippen molar-refractivity contribution < 1.29 is 4.74 Å². The number of aromatic nitrogens is 2. The highest BCUT2D eigenvalue weighted by molar-refractivity contribution is 6.29. The number of methoxy groups -OCH3 is 1. The molecule has 1 fully saturated rings. The van der Waals surface area contributed by atoms with E-state index >= 15 is 0 Å². The summed E-state index contributed by atoms with van der Waals surface area (Å²) in [6, 6.07) is 1.80. The molecule has 0 aromatic carbocycles. The Balaban J connectivity index is 2.33. The van der Waals surface area contributed by atoms with Gasteiger partial charge in [0.2, 0.25) is 0 Å². The lowest BCUT2D eigenvalue weighted by atomic mass is 10.4. The number of hydrogen-bond donors (Lipinski definition) is 0. The predicted molar refractivity (Wildman–Crippen MR) is 55.0 cm³/mol. The van der Waals surface area contributed by atoms with Crippen molar-refractivity contribution in [3.8, 4) is 5.88 Å². The molecule has 0 amide bonds. The van der Waals surface area contributed by atoms with Crippen LogP contribution in [0, 0.1) is 0 Å². The van der Waals surface area contributed by atoms with E-state index in [2.05, 4.69) is 15.1 Å². The van der Waals surface area contributed by atoms with Gasteiger partial charge in [0.15, 0.2) is 5.15 Å². The van der Waals surface area contributed by atoms with Crippen LogP contribution in [-0.2, 0) is 0 Å². The Hall–Kier alpha value is -1.03. The van der Waals surface area contributed by atoms with Gasteiger partial charge in [0.1, 0.15) is 5.69 Å². The summed E-state index contributed by atoms with van der Waals surface area (Å²) in [7, 11) is 1.59. The second-order valence-electron chi connectivity index (χ2n) is 3.26. The molecule has 1 aromatic rings. The van der Waals surface area contributed by atoms with Crippen molar-refractivity contribution in [1.82, 2.24) is 10.2 Å². The van der Waals surface area contributed by atoms with Gasteiger partial charge in [0.05, 0.1) is 7.11 Å². The predicted octanol–water partition coefficient (Wildman–Crippen LogP) is 1.74. The normalized spacial score (nSPS) is 16.0. The first-order chi connectivity index (χ1) is 6.81. The zero-order chi connectivity index (χ0) is 9.97. The van der Waals surface area contributed by atoms with Crippen LogP contribution in [0.25, 0.3) is 0 Å². The smallest absolute Gasteiger partial charge is 0.257 e. The molecule has 1 aliphatic rings. The maximum absolute atomic E-state index is 5.80. The van der Waals surface area contributed by atoms with Gasteiger partial charge in [-0.25, -0.2) is 0 Å². The summed E-state index contributed by atoms with van der Waals surface area (Å²) in [5, 5.41) is 8.05. The second kappa shape index (κ2) is 4.00. The molecule has 0 saturated carbocycles. The molecule has 2 rings (SSSR count). The number of anilines is 1. The SMILES string of the molecule is COc1nnc(Cl)cc1N1CCCC1. The van der Waals surface area contributed by atoms with E-state index in [9.17, 15) is 0 Å². The van der Waals surface area contributed by atoms with E-state index < -0.39 is 0 Å². The fraction of sp³-hybridized carbons (Fsp3) is 0.556. The van der Waals surface area contributed by atoms with Crippen molar-refractivity contribution in [2.45, 2.75) is 12.8 Å². The van der Waals surface area contributed by atoms with E-state index in [1.165, 1.54) is 12.8 Å². The fourth-order valence-corrected chi connectivity index (χ4v) is 1.82. The third-order valence-electron chi connectivity index (χ3n) is 2.35. The molecule has 0 unspecified atom stereocenters. The van der Waals surface area contributed by atoms with Crippen LogP contribution in [0.4, 0.5) is 5.69 Å². The minimum atomic E-state index is 0.410. The van der Waals surface area contributed by atoms with E-state index in [0.29, 0.717) is 11.0 Å². The first-order valence-corrected chi connectivity index (χ1v) is 5.01. The Bertz CT molecular complexity index is 326. The van der Waals surface area contributed by atoms with Gasteiger partial charge < -0.3 is 9.64 Å². The summed E-state index contributed by atoms with van der Waals surface area (Å²) >= 11 is 5.80. The number of rotatable bonds is 2. The maximum Gasteiger partial charge on any atom is 0.257 e. The molecule has 1 aliphatic heterocycles. The van der Waals surface area contributed by atoms with Crippen molar-refractivity contribution in [2.75, 3.05) is 25.1 Å². The summed E-state index contributed by atoms with van der Waals surface area (Å²) in [6.07, 6.45) is 2.42. The standard InChI is InChI=1S/C9H12ClN3O/c1-14-9-7(6-8(10)11-12-9)13-4-2-3-5-13/h6H,2-5H2,1H3. The molecule has 1 aromatic heterocycles. The highest BCUT2D eigenvalue weighted by atomic mass is 35.5. The Morgan fingerprint density at radius 2 is 2.07 bits per heavy atom. The highest BCUT2D eigenvalue weighted by Crippen LogP contribution is 2.29. The maximum atomic E-state index is 5.80. The number of nitrogens with zero attached hydrogens (tertiary/aromatic N) is 3. The van der Waals surface area contributed by atoms with Crippen LogP contribution in [-0.4, -0.2) is 30.4 Å². The van der Waals surface area contributed by atoms with Crippen LogP contribution in [0.1, 0.15) is 12.8 Å². The molecule has 0 radical (unpaired) electrons. The molecule has 0 spiro atoms. The number of hydrogen-bond acceptors (Lipinski definition) is 4. The summed E-state index contributed by atoms with van der Waals surface area (Å²) in [4.78, 5) is 2.22. The third-order valence-corrected chi connectivity index (χ3v) is 2.54. The van der Waals surface area contributed by atoms with Crippen LogP contribution in [0.15, 0.2) is 6.07 Å². The lowest BCUT2D eigenvalue weighted by Gasteiger charge is -2.18. The van der Waals surface area contributed by atoms with Crippen LogP contribution in [0.5, 0.6) is 5.88 Å². The molecule has 0 bridgehead atoms. The van der Waals surface area contributed by atoms with Crippen LogP contribution in [0.3, 0.4) is 0 Å². The largest absolute Gasteiger partial charge is 0.478 e. The number of halogens is 1. The first-order valence-electron chi connectivity index (χ1n) is 4.63. The summed E-state index contributed by atoms with van der Waals surface area (Å²) in [5.74, 6) is 0.552. The van der Waals surface area contributed by atoms with Gasteiger partial charge in [-0.2, -0.15) is 0 Å². The second-order valence-corrected chi connectivity index (χ2v) is 3.64. The molecular weight excluding hydrogens is 202 g/mol. The first kappa shape index (κ1) is 9.52. The van der Waals surface area contributed by atoms with Gasteiger partial charge in [-0.15, -0.1) is 10.2 Å². The van der Waals surface area contributed by atoms with Gasteiger partial charge in [-0.05, 0) is 12.8 Å². The van der Waals surface area contributed by atoms with Gasteiger partial charge >= 0.3 is 0 Å². The minimum Gasteiger partial charge on any atom is -0.478 e. The van der Waals surface area contributed by atoms with Crippen molar-refractivity contribution >= 4 is 17.3 Å². The highest BCUT2D eigenvalue weighted by Gasteiger charge is 2.18. The molecule has 4 nitrogen and oxygen atoms in total. The average Bonchev–Trinajstić information content (AvgIpc) is 2.70. The van der Waals surface area contributed by atoms with Crippen molar-refractivity contribution in [2.24, 2.45) is 0 Å². The molecule has 0 atom stereocenters. The van der Waals surface area contributed by atoms with E-state index in [1.54, 1.807) is 13.2 Å². The quantitative estimate of drug-likeness (QED) is 0.750. The number of ether oxygens (including phenoxy) is 1. The lowest BCUT2D eigenvalue weighted by Crippen LogP contribution is -2.19. The monoisotopic (exact) mass is 213 g/mol. The molecule has 76 valence electrons. The molecule has 1 saturated heterocycles. The molecule has 14 heavy (non-hydrogen) atoms. The average molecular weight is 214 g/mol. The minimum absolute atomic E-state index is 0.410. The van der Waals surface area contributed by atoms with Gasteiger partial charge in [0.25, 0.3) is 5.88 Å². The van der Waals surface area contributed by atoms with Crippen LogP contribution in [0.2, 0.25) is 5.15 Å².